The van der Waals surface area contributed by atoms with Gasteiger partial charge in [-0.15, -0.1) is 0 Å². The van der Waals surface area contributed by atoms with Gasteiger partial charge in [-0.3, -0.25) is 4.79 Å². The third-order valence-corrected chi connectivity index (χ3v) is 5.04. The number of hydrogen-bond acceptors (Lipinski definition) is 4. The van der Waals surface area contributed by atoms with Gasteiger partial charge in [-0.25, -0.2) is 0 Å². The molecule has 2 heterocycles. The number of H-pyrrole nitrogens is 1. The Balaban J connectivity index is 1.88. The van der Waals surface area contributed by atoms with Crippen LogP contribution in [0.3, 0.4) is 0 Å². The lowest BCUT2D eigenvalue weighted by Gasteiger charge is -2.28. The highest BCUT2D eigenvalue weighted by molar-refractivity contribution is 5.80. The van der Waals surface area contributed by atoms with Crippen LogP contribution in [0.15, 0.2) is 41.2 Å². The van der Waals surface area contributed by atoms with Crippen molar-refractivity contribution in [2.45, 2.75) is 19.4 Å². The van der Waals surface area contributed by atoms with Crippen LogP contribution in [-0.2, 0) is 6.42 Å². The van der Waals surface area contributed by atoms with E-state index in [1.807, 2.05) is 37.3 Å². The fourth-order valence-electron chi connectivity index (χ4n) is 3.71. The minimum Gasteiger partial charge on any atom is -0.493 e. The molecular formula is C21H22N2O3. The third kappa shape index (κ3) is 2.74. The van der Waals surface area contributed by atoms with E-state index in [4.69, 9.17) is 9.47 Å². The summed E-state index contributed by atoms with van der Waals surface area (Å²) in [5, 5.41) is 4.51. The summed E-state index contributed by atoms with van der Waals surface area (Å²) < 4.78 is 10.9. The number of pyridine rings is 1. The van der Waals surface area contributed by atoms with Gasteiger partial charge in [-0.1, -0.05) is 12.1 Å². The predicted molar refractivity (Wildman–Crippen MR) is 102 cm³/mol. The summed E-state index contributed by atoms with van der Waals surface area (Å²) in [7, 11) is 3.26. The van der Waals surface area contributed by atoms with E-state index in [9.17, 15) is 4.79 Å². The lowest BCUT2D eigenvalue weighted by Crippen LogP contribution is -2.34. The first-order valence-electron chi connectivity index (χ1n) is 8.72. The number of aromatic amines is 1. The van der Waals surface area contributed by atoms with Crippen molar-refractivity contribution in [2.24, 2.45) is 0 Å². The van der Waals surface area contributed by atoms with Crippen LogP contribution in [0.1, 0.15) is 28.3 Å². The second-order valence-electron chi connectivity index (χ2n) is 6.69. The molecule has 134 valence electrons. The number of benzene rings is 2. The Kier molecular flexibility index (Phi) is 4.17. The Morgan fingerprint density at radius 2 is 1.77 bits per heavy atom. The van der Waals surface area contributed by atoms with E-state index in [1.54, 1.807) is 14.2 Å². The smallest absolute Gasteiger partial charge is 0.253 e. The number of aromatic nitrogens is 1. The van der Waals surface area contributed by atoms with Gasteiger partial charge in [-0.2, -0.15) is 0 Å². The maximum Gasteiger partial charge on any atom is 0.253 e. The maximum absolute atomic E-state index is 12.8. The number of methoxy groups -OCH3 is 2. The zero-order chi connectivity index (χ0) is 18.3. The standard InChI is InChI=1S/C21H22N2O3/c1-12-4-5-14-9-16(21(24)23-17(14)8-12)20-15-11-19(26-3)18(25-2)10-13(15)6-7-22-20/h4-5,8-11,20,22H,6-7H2,1-3H3,(H,23,24)/t20-/m0/s1. The number of hydrogen-bond donors (Lipinski definition) is 2. The van der Waals surface area contributed by atoms with E-state index >= 15 is 0 Å². The zero-order valence-electron chi connectivity index (χ0n) is 15.2. The van der Waals surface area contributed by atoms with Gasteiger partial charge >= 0.3 is 0 Å². The maximum atomic E-state index is 12.8. The molecule has 0 radical (unpaired) electrons. The molecule has 3 aromatic rings. The second-order valence-corrected chi connectivity index (χ2v) is 6.69. The molecule has 0 saturated heterocycles. The van der Waals surface area contributed by atoms with Gasteiger partial charge in [0.2, 0.25) is 0 Å². The second kappa shape index (κ2) is 6.50. The molecule has 1 atom stereocenters. The van der Waals surface area contributed by atoms with Crippen molar-refractivity contribution in [2.75, 3.05) is 20.8 Å². The molecule has 4 rings (SSSR count). The molecule has 0 aliphatic carbocycles. The summed E-state index contributed by atoms with van der Waals surface area (Å²) in [6.45, 7) is 2.82. The van der Waals surface area contributed by atoms with E-state index in [1.165, 1.54) is 5.56 Å². The van der Waals surface area contributed by atoms with Crippen molar-refractivity contribution in [1.82, 2.24) is 10.3 Å². The summed E-state index contributed by atoms with van der Waals surface area (Å²) in [6.07, 6.45) is 0.886. The van der Waals surface area contributed by atoms with E-state index in [-0.39, 0.29) is 11.6 Å². The Bertz CT molecular complexity index is 1040. The van der Waals surface area contributed by atoms with Crippen LogP contribution in [0, 0.1) is 6.92 Å². The largest absolute Gasteiger partial charge is 0.493 e. The van der Waals surface area contributed by atoms with Crippen LogP contribution in [0.25, 0.3) is 10.9 Å². The minimum atomic E-state index is -0.173. The van der Waals surface area contributed by atoms with Crippen molar-refractivity contribution in [1.29, 1.82) is 0 Å². The Morgan fingerprint density at radius 3 is 2.54 bits per heavy atom. The van der Waals surface area contributed by atoms with Crippen LogP contribution in [0.4, 0.5) is 0 Å². The topological polar surface area (TPSA) is 63.4 Å². The van der Waals surface area contributed by atoms with Crippen molar-refractivity contribution in [3.63, 3.8) is 0 Å². The minimum absolute atomic E-state index is 0.0664. The van der Waals surface area contributed by atoms with Crippen molar-refractivity contribution in [3.05, 3.63) is 69.0 Å². The summed E-state index contributed by atoms with van der Waals surface area (Å²) in [4.78, 5) is 15.8. The average molecular weight is 350 g/mol. The molecule has 2 aromatic carbocycles. The highest BCUT2D eigenvalue weighted by atomic mass is 16.5. The van der Waals surface area contributed by atoms with Gasteiger partial charge in [0.25, 0.3) is 5.56 Å². The van der Waals surface area contributed by atoms with E-state index in [0.717, 1.165) is 46.3 Å². The highest BCUT2D eigenvalue weighted by Gasteiger charge is 2.26. The lowest BCUT2D eigenvalue weighted by molar-refractivity contribution is 0.353. The van der Waals surface area contributed by atoms with Gasteiger partial charge in [0.15, 0.2) is 11.5 Å². The first kappa shape index (κ1) is 16.7. The molecule has 1 aliphatic heterocycles. The van der Waals surface area contributed by atoms with Crippen molar-refractivity contribution >= 4 is 10.9 Å². The van der Waals surface area contributed by atoms with Gasteiger partial charge in [0.1, 0.15) is 0 Å². The first-order chi connectivity index (χ1) is 12.6. The summed E-state index contributed by atoms with van der Waals surface area (Å²) in [6, 6.07) is 11.9. The molecule has 1 aromatic heterocycles. The van der Waals surface area contributed by atoms with Crippen molar-refractivity contribution < 1.29 is 9.47 Å². The van der Waals surface area contributed by atoms with Gasteiger partial charge in [-0.05, 0) is 59.7 Å². The number of ether oxygens (including phenoxy) is 2. The summed E-state index contributed by atoms with van der Waals surface area (Å²) in [5.74, 6) is 1.39. The fourth-order valence-corrected chi connectivity index (χ4v) is 3.71. The van der Waals surface area contributed by atoms with Crippen LogP contribution in [0.5, 0.6) is 11.5 Å². The molecule has 0 fully saturated rings. The molecule has 5 heteroatoms. The molecule has 5 nitrogen and oxygen atoms in total. The zero-order valence-corrected chi connectivity index (χ0v) is 15.2. The molecule has 0 amide bonds. The Labute approximate surface area is 152 Å². The third-order valence-electron chi connectivity index (χ3n) is 5.04. The predicted octanol–water partition coefficient (Wildman–Crippen LogP) is 3.09. The van der Waals surface area contributed by atoms with Crippen LogP contribution < -0.4 is 20.3 Å². The van der Waals surface area contributed by atoms with E-state index < -0.39 is 0 Å². The monoisotopic (exact) mass is 350 g/mol. The molecule has 0 saturated carbocycles. The number of fused-ring (bicyclic) bond motifs is 2. The van der Waals surface area contributed by atoms with E-state index in [2.05, 4.69) is 16.4 Å². The van der Waals surface area contributed by atoms with Crippen LogP contribution in [0.2, 0.25) is 0 Å². The van der Waals surface area contributed by atoms with Gasteiger partial charge in [0, 0.05) is 17.6 Å². The molecule has 26 heavy (non-hydrogen) atoms. The average Bonchev–Trinajstić information content (AvgIpc) is 2.65. The lowest BCUT2D eigenvalue weighted by atomic mass is 9.89. The first-order valence-corrected chi connectivity index (χ1v) is 8.72. The van der Waals surface area contributed by atoms with Gasteiger partial charge in [0.05, 0.1) is 20.3 Å². The quantitative estimate of drug-likeness (QED) is 0.762. The number of nitrogens with one attached hydrogen (secondary N) is 2. The molecule has 2 N–H and O–H groups in total. The molecular weight excluding hydrogens is 328 g/mol. The molecule has 1 aliphatic rings. The Hall–Kier alpha value is -2.79. The number of rotatable bonds is 3. The van der Waals surface area contributed by atoms with Crippen LogP contribution >= 0.6 is 0 Å². The number of aryl methyl sites for hydroxylation is 1. The summed E-state index contributed by atoms with van der Waals surface area (Å²) in [5.41, 5.74) is 4.87. The van der Waals surface area contributed by atoms with E-state index in [0.29, 0.717) is 5.75 Å². The normalized spacial score (nSPS) is 16.3. The molecule has 0 unspecified atom stereocenters. The van der Waals surface area contributed by atoms with Gasteiger partial charge < -0.3 is 19.8 Å². The van der Waals surface area contributed by atoms with Crippen molar-refractivity contribution in [3.8, 4) is 11.5 Å². The Morgan fingerprint density at radius 1 is 1.00 bits per heavy atom. The molecule has 0 spiro atoms. The highest BCUT2D eigenvalue weighted by Crippen LogP contribution is 2.37. The SMILES string of the molecule is COc1cc2c(cc1OC)[C@@H](c1cc3ccc(C)cc3[nH]c1=O)NCC2. The fraction of sp³-hybridized carbons (Fsp3) is 0.286. The summed E-state index contributed by atoms with van der Waals surface area (Å²) >= 11 is 0. The van der Waals surface area contributed by atoms with Crippen LogP contribution in [-0.4, -0.2) is 25.7 Å². The molecule has 0 bridgehead atoms.